The fraction of sp³-hybridized carbons (Fsp3) is 0.167. The van der Waals surface area contributed by atoms with Crippen molar-refractivity contribution in [3.8, 4) is 0 Å². The number of nitro benzene ring substituents is 1. The van der Waals surface area contributed by atoms with E-state index in [1.807, 2.05) is 0 Å². The van der Waals surface area contributed by atoms with Gasteiger partial charge in [-0.3, -0.25) is 19.6 Å². The molecule has 8 heteroatoms. The van der Waals surface area contributed by atoms with Crippen molar-refractivity contribution in [3.63, 3.8) is 0 Å². The van der Waals surface area contributed by atoms with Crippen LogP contribution in [0.1, 0.15) is 16.1 Å². The second-order valence-electron chi connectivity index (χ2n) is 4.08. The van der Waals surface area contributed by atoms with Gasteiger partial charge in [-0.25, -0.2) is 0 Å². The third kappa shape index (κ3) is 3.12. The Hall–Kier alpha value is -2.41. The minimum absolute atomic E-state index is 0.0665. The molecule has 1 heterocycles. The first kappa shape index (κ1) is 14.0. The molecule has 1 aromatic carbocycles. The van der Waals surface area contributed by atoms with Crippen LogP contribution in [-0.2, 0) is 13.6 Å². The normalized spacial score (nSPS) is 10.3. The fourth-order valence-electron chi connectivity index (χ4n) is 1.62. The molecule has 0 aliphatic rings. The number of amides is 1. The highest BCUT2D eigenvalue weighted by Crippen LogP contribution is 2.21. The van der Waals surface area contributed by atoms with Gasteiger partial charge in [0.15, 0.2) is 0 Å². The van der Waals surface area contributed by atoms with Crippen molar-refractivity contribution < 1.29 is 9.72 Å². The van der Waals surface area contributed by atoms with Gasteiger partial charge < -0.3 is 5.32 Å². The van der Waals surface area contributed by atoms with Crippen molar-refractivity contribution in [1.29, 1.82) is 0 Å². The Labute approximate surface area is 119 Å². The number of nitrogens with one attached hydrogen (secondary N) is 1. The summed E-state index contributed by atoms with van der Waals surface area (Å²) in [7, 11) is 1.77. The van der Waals surface area contributed by atoms with Crippen LogP contribution in [0.5, 0.6) is 0 Å². The van der Waals surface area contributed by atoms with Gasteiger partial charge in [0.25, 0.3) is 11.6 Å². The number of hydrogen-bond acceptors (Lipinski definition) is 4. The summed E-state index contributed by atoms with van der Waals surface area (Å²) in [5.41, 5.74) is 0.566. The number of halogens is 1. The molecule has 0 atom stereocenters. The molecule has 7 nitrogen and oxygen atoms in total. The minimum Gasteiger partial charge on any atom is -0.346 e. The number of benzene rings is 1. The molecule has 0 aliphatic carbocycles. The molecular formula is C12H11ClN4O3. The van der Waals surface area contributed by atoms with E-state index in [0.29, 0.717) is 5.69 Å². The van der Waals surface area contributed by atoms with Gasteiger partial charge in [-0.2, -0.15) is 5.10 Å². The summed E-state index contributed by atoms with van der Waals surface area (Å²) in [5, 5.41) is 17.6. The second kappa shape index (κ2) is 5.70. The van der Waals surface area contributed by atoms with E-state index < -0.39 is 10.8 Å². The average molecular weight is 295 g/mol. The van der Waals surface area contributed by atoms with Crippen LogP contribution in [-0.4, -0.2) is 20.6 Å². The molecule has 20 heavy (non-hydrogen) atoms. The summed E-state index contributed by atoms with van der Waals surface area (Å²) in [6, 6.07) is 5.48. The van der Waals surface area contributed by atoms with Crippen LogP contribution in [0, 0.1) is 10.1 Å². The predicted molar refractivity (Wildman–Crippen MR) is 72.5 cm³/mol. The predicted octanol–water partition coefficient (Wildman–Crippen LogP) is 1.91. The molecule has 0 fully saturated rings. The Morgan fingerprint density at radius 1 is 1.50 bits per heavy atom. The van der Waals surface area contributed by atoms with E-state index in [2.05, 4.69) is 10.4 Å². The SMILES string of the molecule is Cn1ccc(CNC(=O)c2cc([N+](=O)[O-])ccc2Cl)n1. The molecule has 2 rings (SSSR count). The highest BCUT2D eigenvalue weighted by Gasteiger charge is 2.15. The lowest BCUT2D eigenvalue weighted by atomic mass is 10.2. The van der Waals surface area contributed by atoms with Crippen molar-refractivity contribution in [2.24, 2.45) is 7.05 Å². The van der Waals surface area contributed by atoms with E-state index in [9.17, 15) is 14.9 Å². The first-order chi connectivity index (χ1) is 9.47. The third-order valence-corrected chi connectivity index (χ3v) is 2.93. The van der Waals surface area contributed by atoms with E-state index in [-0.39, 0.29) is 22.8 Å². The van der Waals surface area contributed by atoms with Gasteiger partial charge in [-0.05, 0) is 12.1 Å². The largest absolute Gasteiger partial charge is 0.346 e. The zero-order chi connectivity index (χ0) is 14.7. The number of hydrogen-bond donors (Lipinski definition) is 1. The van der Waals surface area contributed by atoms with E-state index in [1.165, 1.54) is 12.1 Å². The maximum absolute atomic E-state index is 12.0. The number of carbonyl (C=O) groups excluding carboxylic acids is 1. The first-order valence-corrected chi connectivity index (χ1v) is 6.06. The van der Waals surface area contributed by atoms with Crippen LogP contribution >= 0.6 is 11.6 Å². The van der Waals surface area contributed by atoms with E-state index in [4.69, 9.17) is 11.6 Å². The van der Waals surface area contributed by atoms with Gasteiger partial charge in [-0.15, -0.1) is 0 Å². The minimum atomic E-state index is -0.578. The summed E-state index contributed by atoms with van der Waals surface area (Å²) in [6.45, 7) is 0.221. The number of aromatic nitrogens is 2. The third-order valence-electron chi connectivity index (χ3n) is 2.60. The molecule has 0 saturated carbocycles. The molecule has 2 aromatic rings. The summed E-state index contributed by atoms with van der Waals surface area (Å²) in [5.74, 6) is -0.482. The molecule has 0 spiro atoms. The molecule has 1 N–H and O–H groups in total. The number of nitro groups is 1. The lowest BCUT2D eigenvalue weighted by Gasteiger charge is -2.05. The number of nitrogens with zero attached hydrogens (tertiary/aromatic N) is 3. The molecule has 0 unspecified atom stereocenters. The van der Waals surface area contributed by atoms with Crippen LogP contribution in [0.2, 0.25) is 5.02 Å². The smallest absolute Gasteiger partial charge is 0.270 e. The highest BCUT2D eigenvalue weighted by molar-refractivity contribution is 6.33. The van der Waals surface area contributed by atoms with Crippen LogP contribution in [0.3, 0.4) is 0 Å². The second-order valence-corrected chi connectivity index (χ2v) is 4.49. The van der Waals surface area contributed by atoms with Crippen molar-refractivity contribution in [2.45, 2.75) is 6.54 Å². The van der Waals surface area contributed by atoms with Gasteiger partial charge in [-0.1, -0.05) is 11.6 Å². The zero-order valence-electron chi connectivity index (χ0n) is 10.5. The Morgan fingerprint density at radius 3 is 2.85 bits per heavy atom. The van der Waals surface area contributed by atoms with Crippen molar-refractivity contribution in [3.05, 3.63) is 56.9 Å². The van der Waals surface area contributed by atoms with Crippen LogP contribution in [0.25, 0.3) is 0 Å². The van der Waals surface area contributed by atoms with Crippen LogP contribution in [0.4, 0.5) is 5.69 Å². The number of non-ortho nitro benzene ring substituents is 1. The topological polar surface area (TPSA) is 90.1 Å². The van der Waals surface area contributed by atoms with Gasteiger partial charge >= 0.3 is 0 Å². The zero-order valence-corrected chi connectivity index (χ0v) is 11.3. The fourth-order valence-corrected chi connectivity index (χ4v) is 1.83. The Bertz CT molecular complexity index is 668. The summed E-state index contributed by atoms with van der Waals surface area (Å²) < 4.78 is 1.61. The van der Waals surface area contributed by atoms with Crippen molar-refractivity contribution in [1.82, 2.24) is 15.1 Å². The maximum atomic E-state index is 12.0. The quantitative estimate of drug-likeness (QED) is 0.689. The number of aryl methyl sites for hydroxylation is 1. The average Bonchev–Trinajstić information content (AvgIpc) is 2.82. The van der Waals surface area contributed by atoms with E-state index >= 15 is 0 Å². The lowest BCUT2D eigenvalue weighted by Crippen LogP contribution is -2.23. The highest BCUT2D eigenvalue weighted by atomic mass is 35.5. The molecule has 0 saturated heterocycles. The van der Waals surface area contributed by atoms with Crippen LogP contribution < -0.4 is 5.32 Å². The van der Waals surface area contributed by atoms with Gasteiger partial charge in [0.2, 0.25) is 0 Å². The molecule has 1 aromatic heterocycles. The standard InChI is InChI=1S/C12H11ClN4O3/c1-16-5-4-8(15-16)7-14-12(18)10-6-9(17(19)20)2-3-11(10)13/h2-6H,7H2,1H3,(H,14,18). The monoisotopic (exact) mass is 294 g/mol. The maximum Gasteiger partial charge on any atom is 0.270 e. The molecule has 0 bridgehead atoms. The lowest BCUT2D eigenvalue weighted by molar-refractivity contribution is -0.384. The van der Waals surface area contributed by atoms with E-state index in [1.54, 1.807) is 24.0 Å². The van der Waals surface area contributed by atoms with Crippen molar-refractivity contribution >= 4 is 23.2 Å². The molecule has 0 radical (unpaired) electrons. The summed E-state index contributed by atoms with van der Waals surface area (Å²) >= 11 is 5.88. The van der Waals surface area contributed by atoms with E-state index in [0.717, 1.165) is 6.07 Å². The van der Waals surface area contributed by atoms with Gasteiger partial charge in [0, 0.05) is 25.4 Å². The van der Waals surface area contributed by atoms with Gasteiger partial charge in [0.05, 0.1) is 27.7 Å². The number of rotatable bonds is 4. The summed E-state index contributed by atoms with van der Waals surface area (Å²) in [4.78, 5) is 22.1. The van der Waals surface area contributed by atoms with Gasteiger partial charge in [0.1, 0.15) is 0 Å². The van der Waals surface area contributed by atoms with Crippen molar-refractivity contribution in [2.75, 3.05) is 0 Å². The summed E-state index contributed by atoms with van der Waals surface area (Å²) in [6.07, 6.45) is 1.75. The Kier molecular flexibility index (Phi) is 3.99. The Morgan fingerprint density at radius 2 is 2.25 bits per heavy atom. The molecule has 104 valence electrons. The molecule has 1 amide bonds. The molecule has 0 aliphatic heterocycles. The molecular weight excluding hydrogens is 284 g/mol. The Balaban J connectivity index is 2.12. The first-order valence-electron chi connectivity index (χ1n) is 5.68. The van der Waals surface area contributed by atoms with Crippen LogP contribution in [0.15, 0.2) is 30.5 Å². The number of carbonyl (C=O) groups is 1.